The number of nitrogens with one attached hydrogen (secondary N) is 2. The van der Waals surface area contributed by atoms with Crippen molar-refractivity contribution in [2.24, 2.45) is 0 Å². The Morgan fingerprint density at radius 3 is 2.61 bits per heavy atom. The lowest BCUT2D eigenvalue weighted by molar-refractivity contribution is -0.150. The molecular formula is C30H33N5O3. The van der Waals surface area contributed by atoms with Gasteiger partial charge in [-0.3, -0.25) is 19.9 Å². The van der Waals surface area contributed by atoms with Crippen molar-refractivity contribution in [1.29, 1.82) is 0 Å². The van der Waals surface area contributed by atoms with Gasteiger partial charge in [-0.2, -0.15) is 5.10 Å². The van der Waals surface area contributed by atoms with Gasteiger partial charge in [0, 0.05) is 34.9 Å². The van der Waals surface area contributed by atoms with E-state index >= 15 is 0 Å². The number of H-pyrrole nitrogens is 1. The molecule has 1 amide bonds. The van der Waals surface area contributed by atoms with Crippen molar-refractivity contribution in [2.45, 2.75) is 72.3 Å². The average molecular weight is 512 g/mol. The fraction of sp³-hybridized carbons (Fsp3) is 0.367. The predicted molar refractivity (Wildman–Crippen MR) is 147 cm³/mol. The van der Waals surface area contributed by atoms with E-state index < -0.39 is 5.60 Å². The Balaban J connectivity index is 1.28. The quantitative estimate of drug-likeness (QED) is 0.430. The lowest BCUT2D eigenvalue weighted by Crippen LogP contribution is -2.24. The van der Waals surface area contributed by atoms with Crippen LogP contribution in [-0.4, -0.2) is 37.6 Å². The van der Waals surface area contributed by atoms with Crippen molar-refractivity contribution in [3.05, 3.63) is 81.2 Å². The third kappa shape index (κ3) is 5.16. The molecule has 1 unspecified atom stereocenters. The zero-order valence-electron chi connectivity index (χ0n) is 22.7. The number of aromatic amines is 1. The molecule has 8 heteroatoms. The molecule has 3 heterocycles. The average Bonchev–Trinajstić information content (AvgIpc) is 3.57. The number of amides is 1. The Hall–Kier alpha value is -4.07. The molecule has 3 aromatic heterocycles. The van der Waals surface area contributed by atoms with Gasteiger partial charge in [0.05, 0.1) is 23.3 Å². The Kier molecular flexibility index (Phi) is 6.51. The van der Waals surface area contributed by atoms with E-state index in [-0.39, 0.29) is 17.8 Å². The summed E-state index contributed by atoms with van der Waals surface area (Å²) in [6.45, 7) is 11.4. The van der Waals surface area contributed by atoms with E-state index in [0.29, 0.717) is 24.2 Å². The van der Waals surface area contributed by atoms with Gasteiger partial charge in [0.25, 0.3) is 5.91 Å². The van der Waals surface area contributed by atoms with Crippen molar-refractivity contribution in [2.75, 3.05) is 5.32 Å². The van der Waals surface area contributed by atoms with Crippen LogP contribution in [0.5, 0.6) is 0 Å². The summed E-state index contributed by atoms with van der Waals surface area (Å²) in [7, 11) is 0. The molecular weight excluding hydrogens is 478 g/mol. The van der Waals surface area contributed by atoms with Gasteiger partial charge in [0.15, 0.2) is 0 Å². The number of pyridine rings is 2. The third-order valence-corrected chi connectivity index (χ3v) is 7.08. The second-order valence-electron chi connectivity index (χ2n) is 11.1. The normalized spacial score (nSPS) is 16.6. The molecule has 5 rings (SSSR count). The summed E-state index contributed by atoms with van der Waals surface area (Å²) in [6, 6.07) is 6.13. The molecule has 1 atom stereocenters. The first-order valence-corrected chi connectivity index (χ1v) is 12.9. The smallest absolute Gasteiger partial charge is 0.334 e. The van der Waals surface area contributed by atoms with Crippen molar-refractivity contribution in [3.8, 4) is 0 Å². The van der Waals surface area contributed by atoms with Crippen LogP contribution in [0.15, 0.2) is 36.0 Å². The highest BCUT2D eigenvalue weighted by molar-refractivity contribution is 6.04. The van der Waals surface area contributed by atoms with Crippen LogP contribution >= 0.6 is 0 Å². The Bertz CT molecular complexity index is 1510. The molecule has 0 spiro atoms. The van der Waals surface area contributed by atoms with Crippen LogP contribution in [0, 0.1) is 20.8 Å². The van der Waals surface area contributed by atoms with Gasteiger partial charge in [0.1, 0.15) is 11.3 Å². The molecule has 0 bridgehead atoms. The molecule has 0 aromatic carbocycles. The van der Waals surface area contributed by atoms with E-state index in [2.05, 4.69) is 38.7 Å². The number of carbonyl (C=O) groups excluding carboxylic acids is 2. The third-order valence-electron chi connectivity index (χ3n) is 7.08. The SMILES string of the molecule is Cc1nc(C2CC=C(C(=O)OC(C)(C)C)C2)ccc1C1=Cc2cc(NC(=O)c3[nH]nc(C)c3C)cnc2C1. The molecule has 2 N–H and O–H groups in total. The van der Waals surface area contributed by atoms with Crippen LogP contribution in [0.4, 0.5) is 5.69 Å². The molecule has 196 valence electrons. The molecule has 38 heavy (non-hydrogen) atoms. The van der Waals surface area contributed by atoms with Crippen LogP contribution in [-0.2, 0) is 16.0 Å². The molecule has 0 aliphatic heterocycles. The van der Waals surface area contributed by atoms with Crippen LogP contribution in [0.1, 0.15) is 89.5 Å². The molecule has 8 nitrogen and oxygen atoms in total. The number of hydrogen-bond acceptors (Lipinski definition) is 6. The maximum atomic E-state index is 12.7. The highest BCUT2D eigenvalue weighted by atomic mass is 16.6. The first-order chi connectivity index (χ1) is 18.0. The van der Waals surface area contributed by atoms with E-state index in [1.54, 1.807) is 6.20 Å². The van der Waals surface area contributed by atoms with Crippen molar-refractivity contribution in [3.63, 3.8) is 0 Å². The number of rotatable bonds is 5. The van der Waals surface area contributed by atoms with Crippen LogP contribution in [0.3, 0.4) is 0 Å². The summed E-state index contributed by atoms with van der Waals surface area (Å²) >= 11 is 0. The molecule has 2 aliphatic rings. The number of fused-ring (bicyclic) bond motifs is 1. The fourth-order valence-corrected chi connectivity index (χ4v) is 4.95. The molecule has 0 saturated carbocycles. The van der Waals surface area contributed by atoms with Crippen LogP contribution in [0.25, 0.3) is 11.6 Å². The number of allylic oxidation sites excluding steroid dienone is 2. The van der Waals surface area contributed by atoms with E-state index in [1.807, 2.05) is 53.7 Å². The summed E-state index contributed by atoms with van der Waals surface area (Å²) in [5, 5.41) is 9.82. The summed E-state index contributed by atoms with van der Waals surface area (Å²) < 4.78 is 5.54. The minimum Gasteiger partial charge on any atom is -0.457 e. The van der Waals surface area contributed by atoms with Crippen molar-refractivity contribution >= 4 is 29.2 Å². The zero-order valence-corrected chi connectivity index (χ0v) is 22.7. The van der Waals surface area contributed by atoms with Gasteiger partial charge in [0.2, 0.25) is 0 Å². The number of aromatic nitrogens is 4. The summed E-state index contributed by atoms with van der Waals surface area (Å²) in [5.41, 5.74) is 9.08. The van der Waals surface area contributed by atoms with Crippen LogP contribution in [0.2, 0.25) is 0 Å². The molecule has 0 fully saturated rings. The van der Waals surface area contributed by atoms with Gasteiger partial charge in [-0.15, -0.1) is 0 Å². The minimum absolute atomic E-state index is 0.176. The first-order valence-electron chi connectivity index (χ1n) is 12.9. The maximum Gasteiger partial charge on any atom is 0.334 e. The number of nitrogens with zero attached hydrogens (tertiary/aromatic N) is 3. The minimum atomic E-state index is -0.502. The highest BCUT2D eigenvalue weighted by Crippen LogP contribution is 2.37. The Morgan fingerprint density at radius 1 is 1.13 bits per heavy atom. The maximum absolute atomic E-state index is 12.7. The van der Waals surface area contributed by atoms with Crippen molar-refractivity contribution < 1.29 is 14.3 Å². The van der Waals surface area contributed by atoms with Gasteiger partial charge in [-0.05, 0) is 89.3 Å². The van der Waals surface area contributed by atoms with Gasteiger partial charge < -0.3 is 10.1 Å². The number of esters is 1. The second kappa shape index (κ2) is 9.67. The fourth-order valence-electron chi connectivity index (χ4n) is 4.95. The molecule has 0 radical (unpaired) electrons. The Morgan fingerprint density at radius 2 is 1.92 bits per heavy atom. The number of hydrogen-bond donors (Lipinski definition) is 2. The van der Waals surface area contributed by atoms with Crippen molar-refractivity contribution in [1.82, 2.24) is 20.2 Å². The number of aryl methyl sites for hydroxylation is 2. The summed E-state index contributed by atoms with van der Waals surface area (Å²) in [5.74, 6) is -0.297. The topological polar surface area (TPSA) is 110 Å². The van der Waals surface area contributed by atoms with Gasteiger partial charge in [-0.25, -0.2) is 4.79 Å². The molecule has 0 saturated heterocycles. The monoisotopic (exact) mass is 511 g/mol. The largest absolute Gasteiger partial charge is 0.457 e. The lowest BCUT2D eigenvalue weighted by Gasteiger charge is -2.20. The van der Waals surface area contributed by atoms with Gasteiger partial charge in [-0.1, -0.05) is 12.1 Å². The second-order valence-corrected chi connectivity index (χ2v) is 11.1. The van der Waals surface area contributed by atoms with Crippen LogP contribution < -0.4 is 5.32 Å². The Labute approximate surface area is 222 Å². The molecule has 2 aliphatic carbocycles. The summed E-state index contributed by atoms with van der Waals surface area (Å²) in [6.07, 6.45) is 7.92. The molecule has 3 aromatic rings. The van der Waals surface area contributed by atoms with E-state index in [1.165, 1.54) is 0 Å². The standard InChI is InChI=1S/C30H33N5O3/c1-16-17(2)34-35-27(16)28(36)33-23-13-22-12-21(14-26(22)31-15-23)24-9-10-25(32-18(24)3)19-7-8-20(11-19)29(37)38-30(4,5)6/h8-10,12-13,15,19H,7,11,14H2,1-6H3,(H,33,36)(H,34,35). The highest BCUT2D eigenvalue weighted by Gasteiger charge is 2.28. The van der Waals surface area contributed by atoms with Gasteiger partial charge >= 0.3 is 5.97 Å². The van der Waals surface area contributed by atoms with E-state index in [9.17, 15) is 9.59 Å². The lowest BCUT2D eigenvalue weighted by atomic mass is 9.97. The number of ether oxygens (including phenoxy) is 1. The number of anilines is 1. The zero-order chi connectivity index (χ0) is 27.2. The predicted octanol–water partition coefficient (Wildman–Crippen LogP) is 5.62. The summed E-state index contributed by atoms with van der Waals surface area (Å²) in [4.78, 5) is 34.7. The van der Waals surface area contributed by atoms with E-state index in [4.69, 9.17) is 9.72 Å². The number of carbonyl (C=O) groups is 2. The first kappa shape index (κ1) is 25.6. The van der Waals surface area contributed by atoms with E-state index in [0.717, 1.165) is 57.0 Å².